The number of amides is 1. The molecule has 0 N–H and O–H groups in total. The first-order valence-electron chi connectivity index (χ1n) is 8.27. The van der Waals surface area contributed by atoms with E-state index in [0.717, 1.165) is 25.1 Å². The van der Waals surface area contributed by atoms with E-state index in [1.54, 1.807) is 0 Å². The summed E-state index contributed by atoms with van der Waals surface area (Å²) in [6, 6.07) is 10.2. The van der Waals surface area contributed by atoms with Crippen molar-refractivity contribution in [2.45, 2.75) is 44.3 Å². The third-order valence-corrected chi connectivity index (χ3v) is 5.67. The highest BCUT2D eigenvalue weighted by molar-refractivity contribution is 5.84. The fourth-order valence-corrected chi connectivity index (χ4v) is 4.60. The van der Waals surface area contributed by atoms with Crippen LogP contribution in [-0.2, 0) is 9.53 Å². The van der Waals surface area contributed by atoms with Gasteiger partial charge in [0.25, 0.3) is 0 Å². The van der Waals surface area contributed by atoms with E-state index in [9.17, 15) is 4.79 Å². The lowest BCUT2D eigenvalue weighted by atomic mass is 9.82. The number of likely N-dealkylation sites (tertiary alicyclic amines) is 1. The van der Waals surface area contributed by atoms with Crippen LogP contribution in [-0.4, -0.2) is 36.1 Å². The van der Waals surface area contributed by atoms with Crippen LogP contribution in [0.3, 0.4) is 0 Å². The predicted molar refractivity (Wildman–Crippen MR) is 80.9 cm³/mol. The van der Waals surface area contributed by atoms with Gasteiger partial charge in [0, 0.05) is 24.9 Å². The molecule has 0 radical (unpaired) electrons. The fourth-order valence-electron chi connectivity index (χ4n) is 4.60. The molecule has 3 saturated heterocycles. The van der Waals surface area contributed by atoms with Crippen molar-refractivity contribution in [1.82, 2.24) is 4.90 Å². The topological polar surface area (TPSA) is 29.5 Å². The van der Waals surface area contributed by atoms with Crippen LogP contribution in [0.1, 0.15) is 37.7 Å². The molecule has 1 aromatic carbocycles. The third-order valence-electron chi connectivity index (χ3n) is 5.67. The molecular weight excluding hydrogens is 262 g/mol. The van der Waals surface area contributed by atoms with Crippen LogP contribution in [0.15, 0.2) is 30.3 Å². The molecule has 1 amide bonds. The van der Waals surface area contributed by atoms with Crippen molar-refractivity contribution in [2.24, 2.45) is 11.8 Å². The highest BCUT2D eigenvalue weighted by atomic mass is 16.5. The first-order valence-corrected chi connectivity index (χ1v) is 8.27. The summed E-state index contributed by atoms with van der Waals surface area (Å²) in [5, 5.41) is 0. The van der Waals surface area contributed by atoms with Gasteiger partial charge in [-0.05, 0) is 24.8 Å². The van der Waals surface area contributed by atoms with E-state index in [-0.39, 0.29) is 5.92 Å². The minimum Gasteiger partial charge on any atom is -0.374 e. The van der Waals surface area contributed by atoms with Gasteiger partial charge in [-0.2, -0.15) is 0 Å². The van der Waals surface area contributed by atoms with Crippen molar-refractivity contribution in [3.63, 3.8) is 0 Å². The quantitative estimate of drug-likeness (QED) is 0.854. The molecule has 21 heavy (non-hydrogen) atoms. The van der Waals surface area contributed by atoms with Crippen LogP contribution >= 0.6 is 0 Å². The lowest BCUT2D eigenvalue weighted by molar-refractivity contribution is -0.132. The van der Waals surface area contributed by atoms with E-state index in [4.69, 9.17) is 4.74 Å². The van der Waals surface area contributed by atoms with Gasteiger partial charge in [-0.1, -0.05) is 37.3 Å². The molecule has 2 bridgehead atoms. The largest absolute Gasteiger partial charge is 0.374 e. The minimum absolute atomic E-state index is 0.0172. The summed E-state index contributed by atoms with van der Waals surface area (Å²) in [5.41, 5.74) is 1.15. The minimum atomic E-state index is 0.0172. The van der Waals surface area contributed by atoms with Crippen LogP contribution in [0.4, 0.5) is 0 Å². The molecule has 0 saturated carbocycles. The van der Waals surface area contributed by atoms with Crippen LogP contribution in [0.2, 0.25) is 0 Å². The summed E-state index contributed by atoms with van der Waals surface area (Å²) in [7, 11) is 0. The number of nitrogens with zero attached hydrogens (tertiary/aromatic N) is 1. The Bertz CT molecular complexity index is 511. The summed E-state index contributed by atoms with van der Waals surface area (Å²) in [6.45, 7) is 3.93. The smallest absolute Gasteiger partial charge is 0.230 e. The number of hydrogen-bond acceptors (Lipinski definition) is 2. The van der Waals surface area contributed by atoms with Gasteiger partial charge >= 0.3 is 0 Å². The van der Waals surface area contributed by atoms with Crippen LogP contribution < -0.4 is 0 Å². The SMILES string of the molecule is CC[C@H](C(=O)N1C[C@@H]2[C@@H](C1)[C@H]1CC[C@H]2O1)c1ccccc1. The zero-order valence-corrected chi connectivity index (χ0v) is 12.6. The number of hydrogen-bond donors (Lipinski definition) is 0. The Morgan fingerprint density at radius 3 is 2.38 bits per heavy atom. The number of ether oxygens (including phenoxy) is 1. The molecular formula is C18H23NO2. The number of carbonyl (C=O) groups excluding carboxylic acids is 1. The lowest BCUT2D eigenvalue weighted by Crippen LogP contribution is -2.35. The molecule has 112 valence electrons. The first kappa shape index (κ1) is 13.3. The second-order valence-electron chi connectivity index (χ2n) is 6.73. The van der Waals surface area contributed by atoms with Gasteiger partial charge < -0.3 is 9.64 Å². The number of rotatable bonds is 3. The maximum Gasteiger partial charge on any atom is 0.230 e. The summed E-state index contributed by atoms with van der Waals surface area (Å²) >= 11 is 0. The molecule has 3 aliphatic heterocycles. The Balaban J connectivity index is 1.50. The zero-order valence-electron chi connectivity index (χ0n) is 12.6. The van der Waals surface area contributed by atoms with E-state index < -0.39 is 0 Å². The molecule has 0 aliphatic carbocycles. The van der Waals surface area contributed by atoms with E-state index in [1.807, 2.05) is 18.2 Å². The Labute approximate surface area is 126 Å². The Morgan fingerprint density at radius 2 is 1.81 bits per heavy atom. The molecule has 3 heterocycles. The maximum atomic E-state index is 12.9. The second-order valence-corrected chi connectivity index (χ2v) is 6.73. The van der Waals surface area contributed by atoms with Gasteiger partial charge in [-0.3, -0.25) is 4.79 Å². The van der Waals surface area contributed by atoms with E-state index in [2.05, 4.69) is 24.0 Å². The second kappa shape index (κ2) is 5.13. The predicted octanol–water partition coefficient (Wildman–Crippen LogP) is 2.82. The molecule has 5 atom stereocenters. The van der Waals surface area contributed by atoms with Gasteiger partial charge in [-0.25, -0.2) is 0 Å². The first-order chi connectivity index (χ1) is 10.3. The highest BCUT2D eigenvalue weighted by Gasteiger charge is 2.54. The van der Waals surface area contributed by atoms with Crippen molar-refractivity contribution in [3.8, 4) is 0 Å². The number of carbonyl (C=O) groups is 1. The average Bonchev–Trinajstić information content (AvgIpc) is 3.21. The number of fused-ring (bicyclic) bond motifs is 5. The summed E-state index contributed by atoms with van der Waals surface area (Å²) in [5.74, 6) is 1.53. The lowest BCUT2D eigenvalue weighted by Gasteiger charge is -2.24. The van der Waals surface area contributed by atoms with Gasteiger partial charge in [0.05, 0.1) is 18.1 Å². The molecule has 0 unspecified atom stereocenters. The Morgan fingerprint density at radius 1 is 1.19 bits per heavy atom. The Hall–Kier alpha value is -1.35. The summed E-state index contributed by atoms with van der Waals surface area (Å²) < 4.78 is 6.00. The zero-order chi connectivity index (χ0) is 14.4. The third kappa shape index (κ3) is 2.10. The van der Waals surface area contributed by atoms with Crippen molar-refractivity contribution in [3.05, 3.63) is 35.9 Å². The average molecular weight is 285 g/mol. The molecule has 4 rings (SSSR count). The van der Waals surface area contributed by atoms with Crippen molar-refractivity contribution >= 4 is 5.91 Å². The summed E-state index contributed by atoms with van der Waals surface area (Å²) in [6.07, 6.45) is 4.12. The van der Waals surface area contributed by atoms with Crippen LogP contribution in [0.25, 0.3) is 0 Å². The number of benzene rings is 1. The van der Waals surface area contributed by atoms with E-state index in [1.165, 1.54) is 12.8 Å². The van der Waals surface area contributed by atoms with E-state index >= 15 is 0 Å². The van der Waals surface area contributed by atoms with Gasteiger partial charge in [0.1, 0.15) is 0 Å². The molecule has 0 spiro atoms. The van der Waals surface area contributed by atoms with E-state index in [0.29, 0.717) is 30.0 Å². The molecule has 0 aromatic heterocycles. The van der Waals surface area contributed by atoms with Crippen molar-refractivity contribution in [2.75, 3.05) is 13.1 Å². The molecule has 1 aromatic rings. The monoisotopic (exact) mass is 285 g/mol. The van der Waals surface area contributed by atoms with Crippen LogP contribution in [0.5, 0.6) is 0 Å². The van der Waals surface area contributed by atoms with Crippen LogP contribution in [0, 0.1) is 11.8 Å². The van der Waals surface area contributed by atoms with Gasteiger partial charge in [0.15, 0.2) is 0 Å². The summed E-state index contributed by atoms with van der Waals surface area (Å²) in [4.78, 5) is 15.0. The standard InChI is InChI=1S/C18H23NO2/c1-2-13(12-6-4-3-5-7-12)18(20)19-10-14-15(11-19)17-9-8-16(14)21-17/h3-7,13-17H,2,8-11H2,1H3/t13-,14+,15+,16+,17+/m0/s1. The molecule has 3 heteroatoms. The molecule has 3 nitrogen and oxygen atoms in total. The van der Waals surface area contributed by atoms with Gasteiger partial charge in [-0.15, -0.1) is 0 Å². The normalized spacial score (nSPS) is 35.0. The fraction of sp³-hybridized carbons (Fsp3) is 0.611. The Kier molecular flexibility index (Phi) is 3.26. The molecule has 3 fully saturated rings. The highest BCUT2D eigenvalue weighted by Crippen LogP contribution is 2.47. The van der Waals surface area contributed by atoms with Gasteiger partial charge in [0.2, 0.25) is 5.91 Å². The van der Waals surface area contributed by atoms with Crippen molar-refractivity contribution in [1.29, 1.82) is 0 Å². The van der Waals surface area contributed by atoms with Crippen molar-refractivity contribution < 1.29 is 9.53 Å². The maximum absolute atomic E-state index is 12.9. The molecule has 3 aliphatic rings.